The van der Waals surface area contributed by atoms with Gasteiger partial charge in [-0.1, -0.05) is 49.6 Å². The highest BCUT2D eigenvalue weighted by molar-refractivity contribution is 5.76. The summed E-state index contributed by atoms with van der Waals surface area (Å²) in [6, 6.07) is 10.8. The minimum Gasteiger partial charge on any atom is -0.343 e. The van der Waals surface area contributed by atoms with Crippen molar-refractivity contribution in [3.8, 4) is 0 Å². The Morgan fingerprint density at radius 3 is 2.56 bits per heavy atom. The third-order valence-electron chi connectivity index (χ3n) is 7.62. The summed E-state index contributed by atoms with van der Waals surface area (Å²) in [5.41, 5.74) is 1.95. The van der Waals surface area contributed by atoms with Crippen LogP contribution in [0.4, 0.5) is 0 Å². The van der Waals surface area contributed by atoms with Gasteiger partial charge in [-0.05, 0) is 67.9 Å². The van der Waals surface area contributed by atoms with Crippen LogP contribution in [0.5, 0.6) is 0 Å². The molecule has 148 valence electrons. The number of likely N-dealkylation sites (tertiary alicyclic amines) is 1. The van der Waals surface area contributed by atoms with Crippen LogP contribution in [0.3, 0.4) is 0 Å². The van der Waals surface area contributed by atoms with E-state index in [1.165, 1.54) is 50.6 Å². The van der Waals surface area contributed by atoms with E-state index in [9.17, 15) is 4.79 Å². The second-order valence-electron chi connectivity index (χ2n) is 9.30. The van der Waals surface area contributed by atoms with E-state index >= 15 is 0 Å². The van der Waals surface area contributed by atoms with Crippen LogP contribution in [0.15, 0.2) is 30.3 Å². The van der Waals surface area contributed by atoms with Crippen molar-refractivity contribution in [1.82, 2.24) is 10.2 Å². The average molecular weight is 369 g/mol. The SMILES string of the molecule is O=C(CCC1CNCC12CCCCC2)N1CCC(Cc2ccccc2)CC1. The molecule has 1 N–H and O–H groups in total. The third kappa shape index (κ3) is 4.56. The largest absolute Gasteiger partial charge is 0.343 e. The van der Waals surface area contributed by atoms with Gasteiger partial charge in [-0.25, -0.2) is 0 Å². The van der Waals surface area contributed by atoms with E-state index in [1.54, 1.807) is 0 Å². The standard InChI is InChI=1S/C24H36N2O/c27-23(10-9-22-18-25-19-24(22)13-5-2-6-14-24)26-15-11-21(12-16-26)17-20-7-3-1-4-8-20/h1,3-4,7-8,21-22,25H,2,5-6,9-19H2. The zero-order valence-corrected chi connectivity index (χ0v) is 16.8. The topological polar surface area (TPSA) is 32.3 Å². The van der Waals surface area contributed by atoms with Crippen LogP contribution in [-0.4, -0.2) is 37.0 Å². The molecule has 1 aromatic rings. The van der Waals surface area contributed by atoms with Crippen LogP contribution in [0.1, 0.15) is 63.4 Å². The van der Waals surface area contributed by atoms with E-state index in [0.29, 0.717) is 11.3 Å². The summed E-state index contributed by atoms with van der Waals surface area (Å²) in [5.74, 6) is 1.87. The highest BCUT2D eigenvalue weighted by Gasteiger charge is 2.43. The van der Waals surface area contributed by atoms with Gasteiger partial charge in [0.2, 0.25) is 5.91 Å². The Bertz CT molecular complexity index is 600. The first-order valence-corrected chi connectivity index (χ1v) is 11.3. The second-order valence-corrected chi connectivity index (χ2v) is 9.30. The van der Waals surface area contributed by atoms with Crippen molar-refractivity contribution in [2.45, 2.75) is 64.2 Å². The first-order valence-electron chi connectivity index (χ1n) is 11.3. The summed E-state index contributed by atoms with van der Waals surface area (Å²) in [6.45, 7) is 4.25. The van der Waals surface area contributed by atoms with Gasteiger partial charge in [0, 0.05) is 26.1 Å². The lowest BCUT2D eigenvalue weighted by molar-refractivity contribution is -0.133. The molecule has 2 heterocycles. The fourth-order valence-corrected chi connectivity index (χ4v) is 5.90. The van der Waals surface area contributed by atoms with E-state index in [-0.39, 0.29) is 0 Å². The lowest BCUT2D eigenvalue weighted by atomic mass is 9.66. The molecular formula is C24H36N2O. The molecule has 1 amide bonds. The van der Waals surface area contributed by atoms with Gasteiger partial charge in [-0.2, -0.15) is 0 Å². The van der Waals surface area contributed by atoms with Gasteiger partial charge in [0.05, 0.1) is 0 Å². The predicted octanol–water partition coefficient (Wildman–Crippen LogP) is 4.42. The summed E-state index contributed by atoms with van der Waals surface area (Å²) in [4.78, 5) is 14.9. The molecule has 0 radical (unpaired) electrons. The highest BCUT2D eigenvalue weighted by Crippen LogP contribution is 2.46. The molecule has 0 aromatic heterocycles. The zero-order chi connectivity index (χ0) is 18.5. The molecular weight excluding hydrogens is 332 g/mol. The molecule has 3 fully saturated rings. The maximum Gasteiger partial charge on any atom is 0.222 e. The molecule has 3 aliphatic rings. The number of nitrogens with zero attached hydrogens (tertiary/aromatic N) is 1. The van der Waals surface area contributed by atoms with Gasteiger partial charge in [0.1, 0.15) is 0 Å². The molecule has 1 aliphatic carbocycles. The summed E-state index contributed by atoms with van der Waals surface area (Å²) >= 11 is 0. The highest BCUT2D eigenvalue weighted by atomic mass is 16.2. The normalized spacial score (nSPS) is 25.8. The maximum absolute atomic E-state index is 12.8. The molecule has 1 unspecified atom stereocenters. The van der Waals surface area contributed by atoms with Gasteiger partial charge >= 0.3 is 0 Å². The minimum absolute atomic E-state index is 0.408. The number of hydrogen-bond donors (Lipinski definition) is 1. The van der Waals surface area contributed by atoms with Crippen molar-refractivity contribution in [3.05, 3.63) is 35.9 Å². The first-order chi connectivity index (χ1) is 13.3. The van der Waals surface area contributed by atoms with Crippen LogP contribution in [0.2, 0.25) is 0 Å². The van der Waals surface area contributed by atoms with Crippen LogP contribution in [-0.2, 0) is 11.2 Å². The summed E-state index contributed by atoms with van der Waals surface area (Å²) in [5, 5.41) is 3.64. The molecule has 3 heteroatoms. The molecule has 4 rings (SSSR count). The van der Waals surface area contributed by atoms with Crippen molar-refractivity contribution in [2.75, 3.05) is 26.2 Å². The van der Waals surface area contributed by atoms with E-state index < -0.39 is 0 Å². The smallest absolute Gasteiger partial charge is 0.222 e. The number of rotatable bonds is 5. The van der Waals surface area contributed by atoms with E-state index in [4.69, 9.17) is 0 Å². The lowest BCUT2D eigenvalue weighted by Gasteiger charge is -2.38. The molecule has 1 atom stereocenters. The van der Waals surface area contributed by atoms with Crippen molar-refractivity contribution in [3.63, 3.8) is 0 Å². The quantitative estimate of drug-likeness (QED) is 0.834. The van der Waals surface area contributed by atoms with Gasteiger partial charge in [0.15, 0.2) is 0 Å². The molecule has 1 aromatic carbocycles. The lowest BCUT2D eigenvalue weighted by Crippen LogP contribution is -2.39. The van der Waals surface area contributed by atoms with Crippen LogP contribution in [0, 0.1) is 17.3 Å². The summed E-state index contributed by atoms with van der Waals surface area (Å²) in [6.07, 6.45) is 12.3. The Morgan fingerprint density at radius 1 is 1.07 bits per heavy atom. The number of carbonyl (C=O) groups is 1. The molecule has 1 saturated carbocycles. The Labute approximate surface area is 164 Å². The third-order valence-corrected chi connectivity index (χ3v) is 7.62. The van der Waals surface area contributed by atoms with Crippen molar-refractivity contribution in [1.29, 1.82) is 0 Å². The fraction of sp³-hybridized carbons (Fsp3) is 0.708. The van der Waals surface area contributed by atoms with Crippen LogP contribution >= 0.6 is 0 Å². The molecule has 3 nitrogen and oxygen atoms in total. The van der Waals surface area contributed by atoms with Crippen LogP contribution < -0.4 is 5.32 Å². The Hall–Kier alpha value is -1.35. The van der Waals surface area contributed by atoms with E-state index in [2.05, 4.69) is 40.5 Å². The monoisotopic (exact) mass is 368 g/mol. The minimum atomic E-state index is 0.408. The molecule has 1 spiro atoms. The second kappa shape index (κ2) is 8.77. The number of amides is 1. The van der Waals surface area contributed by atoms with E-state index in [1.807, 2.05) is 0 Å². The van der Waals surface area contributed by atoms with E-state index in [0.717, 1.165) is 57.2 Å². The van der Waals surface area contributed by atoms with Crippen molar-refractivity contribution in [2.24, 2.45) is 17.3 Å². The number of hydrogen-bond acceptors (Lipinski definition) is 2. The van der Waals surface area contributed by atoms with Gasteiger partial charge in [0.25, 0.3) is 0 Å². The molecule has 2 saturated heterocycles. The summed E-state index contributed by atoms with van der Waals surface area (Å²) in [7, 11) is 0. The maximum atomic E-state index is 12.8. The van der Waals surface area contributed by atoms with Crippen molar-refractivity contribution < 1.29 is 4.79 Å². The number of carbonyl (C=O) groups excluding carboxylic acids is 1. The van der Waals surface area contributed by atoms with Gasteiger partial charge < -0.3 is 10.2 Å². The Kier molecular flexibility index (Phi) is 6.17. The van der Waals surface area contributed by atoms with Crippen LogP contribution in [0.25, 0.3) is 0 Å². The molecule has 2 aliphatic heterocycles. The zero-order valence-electron chi connectivity index (χ0n) is 16.8. The predicted molar refractivity (Wildman–Crippen MR) is 111 cm³/mol. The Balaban J connectivity index is 1.22. The number of nitrogens with one attached hydrogen (secondary N) is 1. The number of piperidine rings is 1. The first kappa shape index (κ1) is 19.0. The molecule has 0 bridgehead atoms. The fourth-order valence-electron chi connectivity index (χ4n) is 5.90. The Morgan fingerprint density at radius 2 is 1.81 bits per heavy atom. The summed E-state index contributed by atoms with van der Waals surface area (Å²) < 4.78 is 0. The van der Waals surface area contributed by atoms with Crippen molar-refractivity contribution >= 4 is 5.91 Å². The average Bonchev–Trinajstić information content (AvgIpc) is 3.09. The number of benzene rings is 1. The molecule has 27 heavy (non-hydrogen) atoms. The van der Waals surface area contributed by atoms with Gasteiger partial charge in [-0.3, -0.25) is 4.79 Å². The van der Waals surface area contributed by atoms with Gasteiger partial charge in [-0.15, -0.1) is 0 Å².